The van der Waals surface area contributed by atoms with E-state index in [1.165, 1.54) is 15.3 Å². The molecule has 53 heavy (non-hydrogen) atoms. The lowest BCUT2D eigenvalue weighted by Gasteiger charge is -2.44. The number of imide groups is 1. The predicted molar refractivity (Wildman–Crippen MR) is 221 cm³/mol. The third-order valence-electron chi connectivity index (χ3n) is 11.2. The van der Waals surface area contributed by atoms with E-state index in [0.717, 1.165) is 18.4 Å². The van der Waals surface area contributed by atoms with Crippen molar-refractivity contribution >= 4 is 39.0 Å². The molecule has 1 heterocycles. The zero-order valence-corrected chi connectivity index (χ0v) is 35.7. The number of nitrogens with zero attached hydrogens (tertiary/aromatic N) is 1. The molecule has 1 aliphatic rings. The van der Waals surface area contributed by atoms with Gasteiger partial charge in [0, 0.05) is 6.10 Å². The first-order chi connectivity index (χ1) is 24.9. The minimum absolute atomic E-state index is 0.0187. The van der Waals surface area contributed by atoms with Crippen molar-refractivity contribution in [3.05, 3.63) is 108 Å². The van der Waals surface area contributed by atoms with E-state index < -0.39 is 46.7 Å². The van der Waals surface area contributed by atoms with Gasteiger partial charge in [-0.05, 0) is 77.3 Å². The number of benzene rings is 3. The maximum absolute atomic E-state index is 13.9. The molecule has 0 unspecified atom stereocenters. The van der Waals surface area contributed by atoms with Crippen LogP contribution in [0.3, 0.4) is 0 Å². The minimum atomic E-state index is -2.69. The Morgan fingerprint density at radius 2 is 1.42 bits per heavy atom. The van der Waals surface area contributed by atoms with E-state index in [2.05, 4.69) is 122 Å². The van der Waals surface area contributed by atoms with Crippen molar-refractivity contribution in [1.82, 2.24) is 4.90 Å². The number of cyclic esters (lactones) is 1. The van der Waals surface area contributed by atoms with Gasteiger partial charge >= 0.3 is 6.09 Å². The molecule has 2 amide bonds. The zero-order chi connectivity index (χ0) is 39.0. The molecule has 0 bridgehead atoms. The quantitative estimate of drug-likeness (QED) is 0.0895. The Bertz CT molecular complexity index is 1610. The van der Waals surface area contributed by atoms with Crippen molar-refractivity contribution in [1.29, 1.82) is 0 Å². The van der Waals surface area contributed by atoms with Crippen LogP contribution in [-0.4, -0.2) is 70.1 Å². The fourth-order valence-electron chi connectivity index (χ4n) is 6.93. The molecule has 1 saturated heterocycles. The van der Waals surface area contributed by atoms with Crippen LogP contribution in [0.2, 0.25) is 23.2 Å². The molecule has 7 nitrogen and oxygen atoms in total. The molecular formula is C44H63NO6Si2. The van der Waals surface area contributed by atoms with Gasteiger partial charge in [-0.1, -0.05) is 146 Å². The third kappa shape index (κ3) is 10.2. The van der Waals surface area contributed by atoms with Crippen LogP contribution in [0, 0.1) is 5.92 Å². The van der Waals surface area contributed by atoms with Crippen molar-refractivity contribution in [2.45, 2.75) is 122 Å². The van der Waals surface area contributed by atoms with Gasteiger partial charge in [-0.2, -0.15) is 0 Å². The lowest BCUT2D eigenvalue weighted by atomic mass is 9.94. The van der Waals surface area contributed by atoms with Crippen LogP contribution in [0.25, 0.3) is 0 Å². The lowest BCUT2D eigenvalue weighted by Crippen LogP contribution is -2.67. The monoisotopic (exact) mass is 757 g/mol. The summed E-state index contributed by atoms with van der Waals surface area (Å²) >= 11 is 0. The van der Waals surface area contributed by atoms with E-state index in [9.17, 15) is 14.7 Å². The van der Waals surface area contributed by atoms with Crippen LogP contribution in [0.4, 0.5) is 4.79 Å². The fourth-order valence-corrected chi connectivity index (χ4v) is 12.6. The number of rotatable bonds is 16. The first-order valence-electron chi connectivity index (χ1n) is 19.2. The first-order valence-corrected chi connectivity index (χ1v) is 24.0. The summed E-state index contributed by atoms with van der Waals surface area (Å²) in [6.45, 7) is 22.0. The second-order valence-electron chi connectivity index (χ2n) is 17.2. The van der Waals surface area contributed by atoms with Crippen molar-refractivity contribution < 1.29 is 28.3 Å². The van der Waals surface area contributed by atoms with Crippen LogP contribution in [0.15, 0.2) is 103 Å². The van der Waals surface area contributed by atoms with Gasteiger partial charge in [-0.3, -0.25) is 4.79 Å². The lowest BCUT2D eigenvalue weighted by molar-refractivity contribution is -0.135. The normalized spacial score (nSPS) is 17.7. The van der Waals surface area contributed by atoms with Crippen molar-refractivity contribution in [3.63, 3.8) is 0 Å². The smallest absolute Gasteiger partial charge is 0.416 e. The van der Waals surface area contributed by atoms with Crippen LogP contribution in [0.1, 0.15) is 80.2 Å². The van der Waals surface area contributed by atoms with Gasteiger partial charge in [-0.25, -0.2) is 9.69 Å². The number of amides is 2. The second kappa shape index (κ2) is 17.9. The van der Waals surface area contributed by atoms with Crippen LogP contribution in [0.5, 0.6) is 0 Å². The summed E-state index contributed by atoms with van der Waals surface area (Å²) in [5.41, 5.74) is 1.68. The topological polar surface area (TPSA) is 85.3 Å². The Labute approximate surface area is 321 Å². The summed E-state index contributed by atoms with van der Waals surface area (Å²) in [6.07, 6.45) is 3.07. The SMILES string of the molecule is C[C@H](CCC/C=C(\CO[Si](C)(C)C(C)(C)C)[C@H](O)[C@@H](C)C(=O)N1C(=O)OC[C@H]1Cc1ccccc1)O[Si](c1ccccc1)(c1ccccc1)C(C)(C)C. The molecule has 0 aromatic heterocycles. The summed E-state index contributed by atoms with van der Waals surface area (Å²) in [4.78, 5) is 28.0. The van der Waals surface area contributed by atoms with Gasteiger partial charge in [0.15, 0.2) is 8.32 Å². The molecular weight excluding hydrogens is 695 g/mol. The summed E-state index contributed by atoms with van der Waals surface area (Å²) in [6, 6.07) is 30.7. The molecule has 288 valence electrons. The number of carbonyl (C=O) groups excluding carboxylic acids is 2. The number of aliphatic hydroxyl groups excluding tert-OH is 1. The zero-order valence-electron chi connectivity index (χ0n) is 33.7. The summed E-state index contributed by atoms with van der Waals surface area (Å²) in [5.74, 6) is -1.31. The largest absolute Gasteiger partial charge is 0.447 e. The molecule has 3 aromatic carbocycles. The second-order valence-corrected chi connectivity index (χ2v) is 26.3. The van der Waals surface area contributed by atoms with Crippen LogP contribution in [-0.2, 0) is 24.8 Å². The molecule has 0 aliphatic carbocycles. The Morgan fingerprint density at radius 3 is 1.92 bits per heavy atom. The summed E-state index contributed by atoms with van der Waals surface area (Å²) in [7, 11) is -4.87. The number of hydrogen-bond donors (Lipinski definition) is 1. The van der Waals surface area contributed by atoms with Crippen LogP contribution < -0.4 is 10.4 Å². The summed E-state index contributed by atoms with van der Waals surface area (Å²) in [5, 5.41) is 14.2. The Kier molecular flexibility index (Phi) is 14.3. The summed E-state index contributed by atoms with van der Waals surface area (Å²) < 4.78 is 19.3. The predicted octanol–water partition coefficient (Wildman–Crippen LogP) is 8.66. The number of ether oxygens (including phenoxy) is 1. The number of unbranched alkanes of at least 4 members (excludes halogenated alkanes) is 1. The van der Waals surface area contributed by atoms with E-state index in [1.807, 2.05) is 36.4 Å². The highest BCUT2D eigenvalue weighted by atomic mass is 28.4. The van der Waals surface area contributed by atoms with Gasteiger partial charge in [0.1, 0.15) is 6.61 Å². The van der Waals surface area contributed by atoms with Crippen molar-refractivity contribution in [3.8, 4) is 0 Å². The highest BCUT2D eigenvalue weighted by molar-refractivity contribution is 6.99. The molecule has 0 saturated carbocycles. The average molecular weight is 758 g/mol. The Morgan fingerprint density at radius 1 is 0.887 bits per heavy atom. The Balaban J connectivity index is 1.52. The molecule has 0 spiro atoms. The third-order valence-corrected chi connectivity index (χ3v) is 20.8. The van der Waals surface area contributed by atoms with Gasteiger partial charge < -0.3 is 18.7 Å². The van der Waals surface area contributed by atoms with E-state index in [1.54, 1.807) is 6.92 Å². The number of allylic oxidation sites excluding steroid dienone is 1. The van der Waals surface area contributed by atoms with Gasteiger partial charge in [0.05, 0.1) is 24.7 Å². The number of hydrogen-bond acceptors (Lipinski definition) is 6. The van der Waals surface area contributed by atoms with E-state index >= 15 is 0 Å². The number of carbonyl (C=O) groups is 2. The standard InChI is InChI=1S/C44H63NO6Si2/c1-33(51-53(44(6,7)8,38-26-16-12-17-27-38)39-28-18-13-19-29-39)22-20-21-25-36(31-50-52(9,10)43(3,4)5)40(46)34(2)41(47)45-37(32-49-42(45)48)30-35-23-14-11-15-24-35/h11-19,23-29,33-34,37,40,46H,20-22,30-32H2,1-10H3/b36-25+/t33-,34-,37-,40-/m1/s1. The highest BCUT2D eigenvalue weighted by Gasteiger charge is 2.51. The maximum Gasteiger partial charge on any atom is 0.416 e. The molecule has 3 aromatic rings. The van der Waals surface area contributed by atoms with Gasteiger partial charge in [0.25, 0.3) is 8.32 Å². The molecule has 9 heteroatoms. The first kappa shape index (κ1) is 42.4. The van der Waals surface area contributed by atoms with E-state index in [-0.39, 0.29) is 29.4 Å². The van der Waals surface area contributed by atoms with Crippen molar-refractivity contribution in [2.75, 3.05) is 13.2 Å². The van der Waals surface area contributed by atoms with Crippen LogP contribution >= 0.6 is 0 Å². The fraction of sp³-hybridized carbons (Fsp3) is 0.500. The van der Waals surface area contributed by atoms with Crippen molar-refractivity contribution in [2.24, 2.45) is 5.92 Å². The molecule has 4 rings (SSSR count). The molecule has 1 N–H and O–H groups in total. The van der Waals surface area contributed by atoms with E-state index in [0.29, 0.717) is 18.4 Å². The Hall–Kier alpha value is -3.35. The molecule has 0 radical (unpaired) electrons. The molecule has 1 aliphatic heterocycles. The molecule has 4 atom stereocenters. The number of aliphatic hydroxyl groups is 1. The minimum Gasteiger partial charge on any atom is -0.447 e. The van der Waals surface area contributed by atoms with E-state index in [4.69, 9.17) is 13.6 Å². The highest BCUT2D eigenvalue weighted by Crippen LogP contribution is 2.39. The van der Waals surface area contributed by atoms with Gasteiger partial charge in [0.2, 0.25) is 5.91 Å². The van der Waals surface area contributed by atoms with Gasteiger partial charge in [-0.15, -0.1) is 0 Å². The molecule has 1 fully saturated rings. The maximum atomic E-state index is 13.9. The average Bonchev–Trinajstić information content (AvgIpc) is 3.48.